The number of nitro groups is 1. The molecule has 21 heavy (non-hydrogen) atoms. The molecule has 0 saturated carbocycles. The standard InChI is InChI=1S/C11H13N5O4S/c1-8-12-11(14-13-8)7-15(2)21(19,20)10-5-3-9(4-6-10)16(17)18/h3-6H,7H2,1-2H3,(H,12,13,14). The SMILES string of the molecule is Cc1nc(CN(C)S(=O)(=O)c2ccc([N+](=O)[O-])cc2)n[nH]1. The molecule has 2 rings (SSSR count). The fourth-order valence-corrected chi connectivity index (χ4v) is 2.79. The molecule has 0 bridgehead atoms. The lowest BCUT2D eigenvalue weighted by atomic mass is 10.3. The smallest absolute Gasteiger partial charge is 0.263 e. The second-order valence-electron chi connectivity index (χ2n) is 4.35. The van der Waals surface area contributed by atoms with Crippen molar-refractivity contribution in [2.75, 3.05) is 7.05 Å². The Labute approximate surface area is 120 Å². The maximum atomic E-state index is 12.3. The van der Waals surface area contributed by atoms with Gasteiger partial charge in [0.15, 0.2) is 5.82 Å². The zero-order chi connectivity index (χ0) is 15.6. The molecule has 9 nitrogen and oxygen atoms in total. The summed E-state index contributed by atoms with van der Waals surface area (Å²) in [6, 6.07) is 4.70. The lowest BCUT2D eigenvalue weighted by Gasteiger charge is -2.15. The molecule has 0 unspecified atom stereocenters. The second kappa shape index (κ2) is 5.58. The number of aromatic amines is 1. The van der Waals surface area contributed by atoms with E-state index in [0.29, 0.717) is 11.6 Å². The van der Waals surface area contributed by atoms with Crippen LogP contribution in [0.25, 0.3) is 0 Å². The molecule has 0 atom stereocenters. The average molecular weight is 311 g/mol. The third-order valence-electron chi connectivity index (χ3n) is 2.76. The first-order valence-corrected chi connectivity index (χ1v) is 7.33. The van der Waals surface area contributed by atoms with E-state index in [4.69, 9.17) is 0 Å². The molecule has 0 aliphatic rings. The summed E-state index contributed by atoms with van der Waals surface area (Å²) in [5.41, 5.74) is -0.166. The molecule has 1 heterocycles. The summed E-state index contributed by atoms with van der Waals surface area (Å²) in [6.07, 6.45) is 0. The molecule has 10 heteroatoms. The number of H-pyrrole nitrogens is 1. The quantitative estimate of drug-likeness (QED) is 0.645. The van der Waals surface area contributed by atoms with Gasteiger partial charge in [0, 0.05) is 19.2 Å². The Morgan fingerprint density at radius 2 is 1.95 bits per heavy atom. The topological polar surface area (TPSA) is 122 Å². The predicted octanol–water partition coefficient (Wildman–Crippen LogP) is 0.842. The molecule has 2 aromatic rings. The van der Waals surface area contributed by atoms with E-state index in [9.17, 15) is 18.5 Å². The Morgan fingerprint density at radius 1 is 1.33 bits per heavy atom. The van der Waals surface area contributed by atoms with Crippen LogP contribution in [0.2, 0.25) is 0 Å². The third-order valence-corrected chi connectivity index (χ3v) is 4.58. The highest BCUT2D eigenvalue weighted by atomic mass is 32.2. The first-order chi connectivity index (χ1) is 9.80. The lowest BCUT2D eigenvalue weighted by molar-refractivity contribution is -0.384. The third kappa shape index (κ3) is 3.23. The highest BCUT2D eigenvalue weighted by Crippen LogP contribution is 2.19. The number of nitro benzene ring substituents is 1. The molecule has 0 radical (unpaired) electrons. The van der Waals surface area contributed by atoms with Gasteiger partial charge in [-0.1, -0.05) is 0 Å². The number of aryl methyl sites for hydroxylation is 1. The first kappa shape index (κ1) is 15.1. The fourth-order valence-electron chi connectivity index (χ4n) is 1.66. The average Bonchev–Trinajstić information content (AvgIpc) is 2.84. The van der Waals surface area contributed by atoms with Crippen molar-refractivity contribution >= 4 is 15.7 Å². The largest absolute Gasteiger partial charge is 0.269 e. The summed E-state index contributed by atoms with van der Waals surface area (Å²) in [4.78, 5) is 14.0. The highest BCUT2D eigenvalue weighted by Gasteiger charge is 2.23. The van der Waals surface area contributed by atoms with Crippen LogP contribution < -0.4 is 0 Å². The summed E-state index contributed by atoms with van der Waals surface area (Å²) in [6.45, 7) is 1.71. The van der Waals surface area contributed by atoms with Gasteiger partial charge in [-0.25, -0.2) is 13.4 Å². The molecule has 0 amide bonds. The minimum Gasteiger partial charge on any atom is -0.263 e. The number of aromatic nitrogens is 3. The van der Waals surface area contributed by atoms with E-state index < -0.39 is 14.9 Å². The fraction of sp³-hybridized carbons (Fsp3) is 0.273. The van der Waals surface area contributed by atoms with Crippen LogP contribution in [0.15, 0.2) is 29.2 Å². The van der Waals surface area contributed by atoms with Crippen LogP contribution >= 0.6 is 0 Å². The summed E-state index contributed by atoms with van der Waals surface area (Å²) < 4.78 is 25.7. The minimum atomic E-state index is -3.75. The van der Waals surface area contributed by atoms with Crippen LogP contribution in [0.4, 0.5) is 5.69 Å². The molecular formula is C11H13N5O4S. The monoisotopic (exact) mass is 311 g/mol. The summed E-state index contributed by atoms with van der Waals surface area (Å²) in [7, 11) is -2.36. The number of hydrogen-bond acceptors (Lipinski definition) is 6. The van der Waals surface area contributed by atoms with Gasteiger partial charge in [0.2, 0.25) is 10.0 Å². The molecular weight excluding hydrogens is 298 g/mol. The van der Waals surface area contributed by atoms with Gasteiger partial charge in [0.1, 0.15) is 5.82 Å². The Kier molecular flexibility index (Phi) is 4.00. The van der Waals surface area contributed by atoms with E-state index in [1.165, 1.54) is 19.2 Å². The summed E-state index contributed by atoms with van der Waals surface area (Å²) >= 11 is 0. The molecule has 1 aromatic carbocycles. The Balaban J connectivity index is 2.22. The van der Waals surface area contributed by atoms with Gasteiger partial charge in [-0.05, 0) is 19.1 Å². The minimum absolute atomic E-state index is 0.00363. The van der Waals surface area contributed by atoms with E-state index in [0.717, 1.165) is 16.4 Å². The van der Waals surface area contributed by atoms with Crippen molar-refractivity contribution < 1.29 is 13.3 Å². The molecule has 112 valence electrons. The number of rotatable bonds is 5. The molecule has 0 fully saturated rings. The summed E-state index contributed by atoms with van der Waals surface area (Å²) in [5, 5.41) is 17.1. The van der Waals surface area contributed by atoms with Gasteiger partial charge in [0.25, 0.3) is 5.69 Å². The highest BCUT2D eigenvalue weighted by molar-refractivity contribution is 7.89. The van der Waals surface area contributed by atoms with Crippen molar-refractivity contribution in [3.05, 3.63) is 46.0 Å². The van der Waals surface area contributed by atoms with Crippen LogP contribution in [-0.2, 0) is 16.6 Å². The molecule has 0 aliphatic heterocycles. The number of nitrogens with zero attached hydrogens (tertiary/aromatic N) is 4. The number of non-ortho nitro benzene ring substituents is 1. The maximum absolute atomic E-state index is 12.3. The molecule has 0 spiro atoms. The Bertz CT molecular complexity index is 753. The first-order valence-electron chi connectivity index (χ1n) is 5.89. The molecule has 1 aromatic heterocycles. The van der Waals surface area contributed by atoms with E-state index in [2.05, 4.69) is 15.2 Å². The van der Waals surface area contributed by atoms with Crippen molar-refractivity contribution in [1.29, 1.82) is 0 Å². The van der Waals surface area contributed by atoms with E-state index in [1.807, 2.05) is 0 Å². The van der Waals surface area contributed by atoms with Crippen LogP contribution in [0, 0.1) is 17.0 Å². The van der Waals surface area contributed by atoms with Crippen molar-refractivity contribution in [1.82, 2.24) is 19.5 Å². The van der Waals surface area contributed by atoms with E-state index in [1.54, 1.807) is 6.92 Å². The predicted molar refractivity (Wildman–Crippen MR) is 72.9 cm³/mol. The van der Waals surface area contributed by atoms with Crippen molar-refractivity contribution in [3.8, 4) is 0 Å². The van der Waals surface area contributed by atoms with Gasteiger partial charge in [0.05, 0.1) is 16.4 Å². The van der Waals surface area contributed by atoms with Gasteiger partial charge in [-0.2, -0.15) is 9.40 Å². The van der Waals surface area contributed by atoms with Crippen molar-refractivity contribution in [2.24, 2.45) is 0 Å². The van der Waals surface area contributed by atoms with Crippen LogP contribution in [0.5, 0.6) is 0 Å². The van der Waals surface area contributed by atoms with Crippen LogP contribution in [-0.4, -0.2) is 39.9 Å². The number of hydrogen-bond donors (Lipinski definition) is 1. The summed E-state index contributed by atoms with van der Waals surface area (Å²) in [5.74, 6) is 0.937. The van der Waals surface area contributed by atoms with Gasteiger partial charge >= 0.3 is 0 Å². The molecule has 0 aliphatic carbocycles. The van der Waals surface area contributed by atoms with Gasteiger partial charge in [-0.3, -0.25) is 15.2 Å². The van der Waals surface area contributed by atoms with Gasteiger partial charge in [-0.15, -0.1) is 0 Å². The normalized spacial score (nSPS) is 11.8. The number of benzene rings is 1. The van der Waals surface area contributed by atoms with Gasteiger partial charge < -0.3 is 0 Å². The van der Waals surface area contributed by atoms with Crippen molar-refractivity contribution in [2.45, 2.75) is 18.4 Å². The number of nitrogens with one attached hydrogen (secondary N) is 1. The number of sulfonamides is 1. The van der Waals surface area contributed by atoms with E-state index in [-0.39, 0.29) is 17.1 Å². The van der Waals surface area contributed by atoms with Crippen LogP contribution in [0.3, 0.4) is 0 Å². The molecule has 1 N–H and O–H groups in total. The lowest BCUT2D eigenvalue weighted by Crippen LogP contribution is -2.27. The Hall–Kier alpha value is -2.33. The Morgan fingerprint density at radius 3 is 2.43 bits per heavy atom. The van der Waals surface area contributed by atoms with E-state index >= 15 is 0 Å². The maximum Gasteiger partial charge on any atom is 0.269 e. The van der Waals surface area contributed by atoms with Crippen LogP contribution in [0.1, 0.15) is 11.6 Å². The zero-order valence-corrected chi connectivity index (χ0v) is 12.2. The zero-order valence-electron chi connectivity index (χ0n) is 11.3. The van der Waals surface area contributed by atoms with Crippen molar-refractivity contribution in [3.63, 3.8) is 0 Å². The molecule has 0 saturated heterocycles. The second-order valence-corrected chi connectivity index (χ2v) is 6.39.